The number of hydrogen-bond acceptors (Lipinski definition) is 5. The van der Waals surface area contributed by atoms with Gasteiger partial charge in [0.15, 0.2) is 0 Å². The fourth-order valence-electron chi connectivity index (χ4n) is 6.19. The van der Waals surface area contributed by atoms with Crippen molar-refractivity contribution in [1.29, 1.82) is 0 Å². The molecule has 1 N–H and O–H groups in total. The van der Waals surface area contributed by atoms with Crippen molar-refractivity contribution in [2.45, 2.75) is 57.4 Å². The maximum atomic E-state index is 13.8. The summed E-state index contributed by atoms with van der Waals surface area (Å²) in [6.45, 7) is 6.09. The fraction of sp³-hybridized carbons (Fsp3) is 0.594. The van der Waals surface area contributed by atoms with E-state index in [1.807, 2.05) is 35.2 Å². The Morgan fingerprint density at radius 2 is 1.95 bits per heavy atom. The molecule has 3 heterocycles. The van der Waals surface area contributed by atoms with Crippen molar-refractivity contribution < 1.29 is 23.9 Å². The molecule has 2 aromatic rings. The van der Waals surface area contributed by atoms with Gasteiger partial charge in [0.05, 0.1) is 46.8 Å². The lowest BCUT2D eigenvalue weighted by Gasteiger charge is -2.30. The van der Waals surface area contributed by atoms with Crippen molar-refractivity contribution >= 4 is 11.9 Å². The number of likely N-dealkylation sites (tertiary alicyclic amines) is 1. The van der Waals surface area contributed by atoms with Crippen LogP contribution in [0.2, 0.25) is 0 Å². The number of ether oxygens (including phenoxy) is 1. The molecule has 218 valence electrons. The average Bonchev–Trinajstić information content (AvgIpc) is 3.53. The largest absolute Gasteiger partial charge is 0.493 e. The van der Waals surface area contributed by atoms with Crippen LogP contribution in [0.15, 0.2) is 42.6 Å². The van der Waals surface area contributed by atoms with Gasteiger partial charge in [-0.05, 0) is 48.6 Å². The van der Waals surface area contributed by atoms with Crippen LogP contribution in [0.25, 0.3) is 0 Å². The number of nitrogens with zero attached hydrogens (tertiary/aromatic N) is 4. The molecule has 1 fully saturated rings. The third-order valence-electron chi connectivity index (χ3n) is 8.33. The molecule has 0 saturated carbocycles. The number of pyridine rings is 1. The zero-order valence-electron chi connectivity index (χ0n) is 24.7. The zero-order valence-corrected chi connectivity index (χ0v) is 24.7. The summed E-state index contributed by atoms with van der Waals surface area (Å²) in [7, 11) is 6.52. The zero-order chi connectivity index (χ0) is 28.7. The van der Waals surface area contributed by atoms with Gasteiger partial charge in [-0.2, -0.15) is 0 Å². The molecule has 4 rings (SSSR count). The van der Waals surface area contributed by atoms with Crippen LogP contribution in [0.3, 0.4) is 0 Å². The smallest absolute Gasteiger partial charge is 0.308 e. The second-order valence-corrected chi connectivity index (χ2v) is 12.4. The maximum absolute atomic E-state index is 13.8. The molecule has 0 unspecified atom stereocenters. The first-order valence-electron chi connectivity index (χ1n) is 14.9. The fourth-order valence-corrected chi connectivity index (χ4v) is 6.19. The van der Waals surface area contributed by atoms with E-state index in [4.69, 9.17) is 4.74 Å². The minimum Gasteiger partial charge on any atom is -0.493 e. The number of aromatic nitrogens is 1. The standard InChI is InChI=1S/C32H46N4O4/c1-5-6-17-34(18-9-19-36(2,3)4)30(37)23-35-22-27(24-11-14-29-25(21-24)15-20-40-29)31(32(38)39)28(35)13-12-26-10-7-8-16-33-26/h7-8,10-11,14,16,21,27-28,31H,5-6,9,12-13,15,17-20,22-23H2,1-4H3/p+1/t27-,28+,31-/m1/s1. The summed E-state index contributed by atoms with van der Waals surface area (Å²) in [5.74, 6) is -0.586. The van der Waals surface area contributed by atoms with Crippen LogP contribution in [0, 0.1) is 5.92 Å². The van der Waals surface area contributed by atoms with Gasteiger partial charge >= 0.3 is 5.97 Å². The summed E-state index contributed by atoms with van der Waals surface area (Å²) in [4.78, 5) is 35.2. The predicted octanol–water partition coefficient (Wildman–Crippen LogP) is 3.84. The summed E-state index contributed by atoms with van der Waals surface area (Å²) < 4.78 is 6.57. The highest BCUT2D eigenvalue weighted by molar-refractivity contribution is 5.79. The molecule has 40 heavy (non-hydrogen) atoms. The number of carbonyl (C=O) groups excluding carboxylic acids is 1. The third kappa shape index (κ3) is 7.82. The van der Waals surface area contributed by atoms with E-state index in [1.165, 1.54) is 0 Å². The molecular weight excluding hydrogens is 504 g/mol. The molecule has 1 aromatic carbocycles. The Bertz CT molecular complexity index is 1130. The molecule has 0 aliphatic carbocycles. The lowest BCUT2D eigenvalue weighted by atomic mass is 9.83. The Hall–Kier alpha value is -2.97. The van der Waals surface area contributed by atoms with Gasteiger partial charge in [0, 0.05) is 56.3 Å². The molecule has 1 saturated heterocycles. The molecule has 8 heteroatoms. The van der Waals surface area contributed by atoms with Crippen molar-refractivity contribution in [1.82, 2.24) is 14.8 Å². The van der Waals surface area contributed by atoms with Crippen molar-refractivity contribution in [3.8, 4) is 5.75 Å². The summed E-state index contributed by atoms with van der Waals surface area (Å²) >= 11 is 0. The normalized spacial score (nSPS) is 20.8. The predicted molar refractivity (Wildman–Crippen MR) is 156 cm³/mol. The molecule has 0 spiro atoms. The van der Waals surface area contributed by atoms with E-state index >= 15 is 0 Å². The van der Waals surface area contributed by atoms with Gasteiger partial charge in [0.1, 0.15) is 5.75 Å². The Morgan fingerprint density at radius 3 is 2.65 bits per heavy atom. The van der Waals surface area contributed by atoms with Gasteiger partial charge in [0.25, 0.3) is 0 Å². The van der Waals surface area contributed by atoms with Crippen LogP contribution < -0.4 is 4.74 Å². The third-order valence-corrected chi connectivity index (χ3v) is 8.33. The number of fused-ring (bicyclic) bond motifs is 1. The van der Waals surface area contributed by atoms with Crippen LogP contribution in [-0.2, 0) is 22.4 Å². The van der Waals surface area contributed by atoms with E-state index in [-0.39, 0.29) is 24.4 Å². The summed E-state index contributed by atoms with van der Waals surface area (Å²) in [6, 6.07) is 11.7. The van der Waals surface area contributed by atoms with E-state index in [1.54, 1.807) is 6.20 Å². The van der Waals surface area contributed by atoms with Crippen LogP contribution in [-0.4, -0.2) is 103 Å². The topological polar surface area (TPSA) is 83.0 Å². The first-order chi connectivity index (χ1) is 19.2. The van der Waals surface area contributed by atoms with Crippen LogP contribution in [0.1, 0.15) is 55.3 Å². The van der Waals surface area contributed by atoms with E-state index in [0.29, 0.717) is 26.0 Å². The second-order valence-electron chi connectivity index (χ2n) is 12.4. The number of carboxylic acids is 1. The Kier molecular flexibility index (Phi) is 10.2. The highest BCUT2D eigenvalue weighted by Gasteiger charge is 2.47. The van der Waals surface area contributed by atoms with Crippen molar-refractivity contribution in [2.24, 2.45) is 5.92 Å². The van der Waals surface area contributed by atoms with Gasteiger partial charge in [0.2, 0.25) is 5.91 Å². The van der Waals surface area contributed by atoms with Crippen LogP contribution in [0.5, 0.6) is 5.75 Å². The number of unbranched alkanes of at least 4 members (excludes halogenated alkanes) is 1. The lowest BCUT2D eigenvalue weighted by molar-refractivity contribution is -0.870. The summed E-state index contributed by atoms with van der Waals surface area (Å²) in [5, 5.41) is 10.5. The molecular formula is C32H47N4O4+. The van der Waals surface area contributed by atoms with Crippen molar-refractivity contribution in [3.63, 3.8) is 0 Å². The van der Waals surface area contributed by atoms with E-state index < -0.39 is 11.9 Å². The average molecular weight is 552 g/mol. The van der Waals surface area contributed by atoms with Gasteiger partial charge < -0.3 is 19.2 Å². The van der Waals surface area contributed by atoms with Crippen molar-refractivity contribution in [3.05, 3.63) is 59.4 Å². The number of rotatable bonds is 14. The van der Waals surface area contributed by atoms with E-state index in [0.717, 1.165) is 72.4 Å². The number of carbonyl (C=O) groups is 2. The molecule has 1 aromatic heterocycles. The minimum absolute atomic E-state index is 0.102. The monoisotopic (exact) mass is 551 g/mol. The number of hydrogen-bond donors (Lipinski definition) is 1. The highest BCUT2D eigenvalue weighted by atomic mass is 16.5. The second kappa shape index (κ2) is 13.6. The molecule has 3 atom stereocenters. The van der Waals surface area contributed by atoms with Gasteiger partial charge in [-0.1, -0.05) is 31.5 Å². The Morgan fingerprint density at radius 1 is 1.15 bits per heavy atom. The number of carboxylic acid groups (broad SMARTS) is 1. The SMILES string of the molecule is CCCCN(CCC[N+](C)(C)C)C(=O)CN1C[C@H](c2ccc3c(c2)CCO3)[C@@H](C(=O)O)[C@@H]1CCc1ccccn1. The van der Waals surface area contributed by atoms with Gasteiger partial charge in [-0.15, -0.1) is 0 Å². The molecule has 1 amide bonds. The number of quaternary nitrogens is 1. The first kappa shape index (κ1) is 30.0. The van der Waals surface area contributed by atoms with Crippen LogP contribution >= 0.6 is 0 Å². The summed E-state index contributed by atoms with van der Waals surface area (Å²) in [5.41, 5.74) is 3.12. The van der Waals surface area contributed by atoms with E-state index in [2.05, 4.69) is 44.0 Å². The number of amides is 1. The lowest BCUT2D eigenvalue weighted by Crippen LogP contribution is -2.45. The molecule has 0 radical (unpaired) electrons. The first-order valence-corrected chi connectivity index (χ1v) is 14.9. The Labute approximate surface area is 239 Å². The number of aliphatic carboxylic acids is 1. The molecule has 8 nitrogen and oxygen atoms in total. The quantitative estimate of drug-likeness (QED) is 0.359. The van der Waals surface area contributed by atoms with Gasteiger partial charge in [-0.3, -0.25) is 19.5 Å². The number of benzene rings is 1. The molecule has 2 aliphatic heterocycles. The molecule has 2 aliphatic rings. The summed E-state index contributed by atoms with van der Waals surface area (Å²) in [6.07, 6.45) is 6.88. The van der Waals surface area contributed by atoms with E-state index in [9.17, 15) is 14.7 Å². The highest BCUT2D eigenvalue weighted by Crippen LogP contribution is 2.41. The minimum atomic E-state index is -0.798. The maximum Gasteiger partial charge on any atom is 0.308 e. The van der Waals surface area contributed by atoms with Crippen molar-refractivity contribution in [2.75, 3.05) is 60.5 Å². The van der Waals surface area contributed by atoms with Gasteiger partial charge in [-0.25, -0.2) is 0 Å². The Balaban J connectivity index is 1.56. The van der Waals surface area contributed by atoms with Crippen LogP contribution in [0.4, 0.5) is 0 Å². The number of aryl methyl sites for hydroxylation is 1. The molecule has 0 bridgehead atoms.